The molecule has 0 heterocycles. The second kappa shape index (κ2) is 20.1. The molecule has 8 aromatic carbocycles. The van der Waals surface area contributed by atoms with Gasteiger partial charge in [-0.1, -0.05) is 131 Å². The number of rotatable bonds is 4. The van der Waals surface area contributed by atoms with E-state index in [2.05, 4.69) is 224 Å². The van der Waals surface area contributed by atoms with Gasteiger partial charge < -0.3 is 24.8 Å². The van der Waals surface area contributed by atoms with Crippen LogP contribution in [-0.4, -0.2) is 3.21 Å². The van der Waals surface area contributed by atoms with E-state index in [1.54, 1.807) is 0 Å². The quantitative estimate of drug-likeness (QED) is 0.155. The average molecular weight is 923 g/mol. The summed E-state index contributed by atoms with van der Waals surface area (Å²) in [5.74, 6) is 0. The summed E-state index contributed by atoms with van der Waals surface area (Å²) in [6.07, 6.45) is 10.9. The van der Waals surface area contributed by atoms with E-state index in [0.29, 0.717) is 0 Å². The van der Waals surface area contributed by atoms with Gasteiger partial charge in [-0.05, 0) is 39.5 Å². The van der Waals surface area contributed by atoms with Crippen LogP contribution in [0.25, 0.3) is 54.9 Å². The van der Waals surface area contributed by atoms with E-state index in [9.17, 15) is 0 Å². The Morgan fingerprint density at radius 2 is 1.00 bits per heavy atom. The SMILES string of the molecule is CC(C)(C)c1cc2c([c-]c1-c1ccccc1)Cc1cc(-c3ccccc3)c(C(C)(C)C)cc1-2.[C-]1=CC=CC1.[Cl-].[Cl-].[Zr+2]=[C](c1ccc2ccccc2c1)c1ccc2ccccc2c1. The molecule has 0 spiro atoms. The van der Waals surface area contributed by atoms with E-state index in [1.807, 2.05) is 12.2 Å². The Bertz CT molecular complexity index is 2690. The van der Waals surface area contributed by atoms with Crippen molar-refractivity contribution in [2.75, 3.05) is 0 Å². The third-order valence-corrected chi connectivity index (χ3v) is 12.9. The molecular formula is C59H52Cl2Zr-2. The van der Waals surface area contributed by atoms with Crippen LogP contribution in [0.3, 0.4) is 0 Å². The molecule has 0 saturated carbocycles. The molecule has 0 radical (unpaired) electrons. The molecular weight excluding hydrogens is 871 g/mol. The molecule has 2 aliphatic rings. The van der Waals surface area contributed by atoms with Crippen molar-refractivity contribution in [2.45, 2.75) is 65.2 Å². The minimum atomic E-state index is 0. The monoisotopic (exact) mass is 920 g/mol. The predicted octanol–water partition coefficient (Wildman–Crippen LogP) is 9.41. The molecule has 0 unspecified atom stereocenters. The molecule has 0 atom stereocenters. The van der Waals surface area contributed by atoms with Gasteiger partial charge in [0.15, 0.2) is 0 Å². The van der Waals surface area contributed by atoms with Gasteiger partial charge in [-0.2, -0.15) is 6.08 Å². The van der Waals surface area contributed by atoms with E-state index in [1.165, 1.54) is 116 Å². The molecule has 0 fully saturated rings. The van der Waals surface area contributed by atoms with E-state index >= 15 is 0 Å². The Hall–Kier alpha value is -4.91. The molecule has 0 bridgehead atoms. The van der Waals surface area contributed by atoms with E-state index in [0.717, 1.165) is 12.8 Å². The molecule has 0 nitrogen and oxygen atoms in total. The molecule has 3 heteroatoms. The van der Waals surface area contributed by atoms with Gasteiger partial charge >= 0.3 is 145 Å². The molecule has 62 heavy (non-hydrogen) atoms. The molecule has 0 aromatic heterocycles. The van der Waals surface area contributed by atoms with Crippen LogP contribution in [0.4, 0.5) is 0 Å². The average Bonchev–Trinajstić information content (AvgIpc) is 3.97. The fourth-order valence-corrected chi connectivity index (χ4v) is 9.06. The molecule has 0 amide bonds. The van der Waals surface area contributed by atoms with Crippen molar-refractivity contribution < 1.29 is 49.0 Å². The standard InChI is InChI=1S/C33H33.C21H14.C5H5.2ClH.Zr/c1-32(2,3)30-20-26-24(18-28(30)22-13-9-7-10-14-22)17-25-19-29(23-15-11-8-12-16-23)31(21-27(25)26)33(4,5)6;1-3-7-20-14-16(9-11-18(20)5-1)13-17-10-12-19-6-2-4-8-21(19)15-17;1-2-4-5-3-1;;;/h7-16,18,20-21H,17H2,1-6H3;1-12,14-15H;1-3H,4H2;2*1H;/q-1;;-1;;;+2/p-2. The van der Waals surface area contributed by atoms with Gasteiger partial charge in [-0.15, -0.1) is 35.2 Å². The molecule has 8 aromatic rings. The van der Waals surface area contributed by atoms with Gasteiger partial charge in [0.05, 0.1) is 0 Å². The normalized spacial score (nSPS) is 12.3. The predicted molar refractivity (Wildman–Crippen MR) is 254 cm³/mol. The van der Waals surface area contributed by atoms with Gasteiger partial charge in [0.2, 0.25) is 0 Å². The fraction of sp³-hybridized carbons (Fsp3) is 0.169. The Morgan fingerprint density at radius 3 is 1.48 bits per heavy atom. The number of fused-ring (bicyclic) bond motifs is 5. The number of halogens is 2. The van der Waals surface area contributed by atoms with Crippen molar-refractivity contribution >= 4 is 24.8 Å². The summed E-state index contributed by atoms with van der Waals surface area (Å²) in [7, 11) is 0. The van der Waals surface area contributed by atoms with Crippen LogP contribution in [0.5, 0.6) is 0 Å². The van der Waals surface area contributed by atoms with Crippen molar-refractivity contribution in [3.63, 3.8) is 0 Å². The number of hydrogen-bond donors (Lipinski definition) is 0. The van der Waals surface area contributed by atoms with Gasteiger partial charge in [0, 0.05) is 0 Å². The van der Waals surface area contributed by atoms with Crippen LogP contribution < -0.4 is 24.8 Å². The van der Waals surface area contributed by atoms with Crippen LogP contribution in [0.1, 0.15) is 81.3 Å². The number of allylic oxidation sites excluding steroid dienone is 4. The van der Waals surface area contributed by atoms with Gasteiger partial charge in [0.25, 0.3) is 0 Å². The van der Waals surface area contributed by atoms with E-state index < -0.39 is 0 Å². The summed E-state index contributed by atoms with van der Waals surface area (Å²) in [6.45, 7) is 13.9. The Labute approximate surface area is 397 Å². The van der Waals surface area contributed by atoms with Crippen LogP contribution in [0.2, 0.25) is 0 Å². The first-order valence-electron chi connectivity index (χ1n) is 21.1. The first kappa shape index (κ1) is 46.6. The third kappa shape index (κ3) is 10.5. The number of benzene rings is 8. The van der Waals surface area contributed by atoms with Gasteiger partial charge in [-0.25, -0.2) is 12.2 Å². The van der Waals surface area contributed by atoms with Crippen LogP contribution >= 0.6 is 0 Å². The summed E-state index contributed by atoms with van der Waals surface area (Å²) in [4.78, 5) is 0. The van der Waals surface area contributed by atoms with Crippen molar-refractivity contribution in [3.8, 4) is 33.4 Å². The zero-order valence-electron chi connectivity index (χ0n) is 36.5. The molecule has 0 N–H and O–H groups in total. The zero-order chi connectivity index (χ0) is 41.9. The van der Waals surface area contributed by atoms with E-state index in [-0.39, 0.29) is 35.6 Å². The summed E-state index contributed by atoms with van der Waals surface area (Å²) >= 11 is 1.44. The summed E-state index contributed by atoms with van der Waals surface area (Å²) < 4.78 is 1.41. The first-order chi connectivity index (χ1) is 28.9. The fourth-order valence-electron chi connectivity index (χ4n) is 8.30. The molecule has 10 rings (SSSR count). The molecule has 0 aliphatic heterocycles. The molecule has 2 aliphatic carbocycles. The second-order valence-corrected chi connectivity index (χ2v) is 19.1. The van der Waals surface area contributed by atoms with Crippen molar-refractivity contribution in [1.82, 2.24) is 0 Å². The van der Waals surface area contributed by atoms with Crippen LogP contribution in [0, 0.1) is 12.1 Å². The number of hydrogen-bond acceptors (Lipinski definition) is 0. The second-order valence-electron chi connectivity index (χ2n) is 17.9. The summed E-state index contributed by atoms with van der Waals surface area (Å²) in [5, 5.41) is 5.21. The van der Waals surface area contributed by atoms with Gasteiger partial charge in [0.1, 0.15) is 0 Å². The maximum absolute atomic E-state index is 3.88. The Kier molecular flexibility index (Phi) is 15.1. The third-order valence-electron chi connectivity index (χ3n) is 11.5. The van der Waals surface area contributed by atoms with Crippen molar-refractivity contribution in [3.05, 3.63) is 228 Å². The summed E-state index contributed by atoms with van der Waals surface area (Å²) in [5.41, 5.74) is 16.2. The van der Waals surface area contributed by atoms with E-state index in [4.69, 9.17) is 0 Å². The minimum absolute atomic E-state index is 0. The van der Waals surface area contributed by atoms with Crippen molar-refractivity contribution in [2.24, 2.45) is 0 Å². The Morgan fingerprint density at radius 1 is 0.500 bits per heavy atom. The summed E-state index contributed by atoms with van der Waals surface area (Å²) in [6, 6.07) is 63.4. The Balaban J connectivity index is 0.000000190. The van der Waals surface area contributed by atoms with Gasteiger partial charge in [-0.3, -0.25) is 6.08 Å². The zero-order valence-corrected chi connectivity index (χ0v) is 40.5. The van der Waals surface area contributed by atoms with Crippen LogP contribution in [0.15, 0.2) is 182 Å². The van der Waals surface area contributed by atoms with Crippen LogP contribution in [-0.2, 0) is 41.5 Å². The first-order valence-corrected chi connectivity index (χ1v) is 22.3. The molecule has 0 saturated heterocycles. The molecule has 308 valence electrons. The maximum atomic E-state index is 3.88. The topological polar surface area (TPSA) is 0 Å². The van der Waals surface area contributed by atoms with Crippen molar-refractivity contribution in [1.29, 1.82) is 0 Å².